The fourth-order valence-corrected chi connectivity index (χ4v) is 3.80. The zero-order valence-corrected chi connectivity index (χ0v) is 12.2. The molecule has 16 heavy (non-hydrogen) atoms. The molecule has 4 heteroatoms. The van der Waals surface area contributed by atoms with Gasteiger partial charge in [-0.15, -0.1) is 11.3 Å². The van der Waals surface area contributed by atoms with Crippen LogP contribution in [0.5, 0.6) is 0 Å². The number of aryl methyl sites for hydroxylation is 1. The van der Waals surface area contributed by atoms with E-state index in [4.69, 9.17) is 10.5 Å². The molecule has 90 valence electrons. The van der Waals surface area contributed by atoms with Crippen LogP contribution in [0.15, 0.2) is 9.85 Å². The van der Waals surface area contributed by atoms with E-state index in [0.29, 0.717) is 0 Å². The average Bonchev–Trinajstić information content (AvgIpc) is 2.53. The van der Waals surface area contributed by atoms with Crippen LogP contribution in [0.1, 0.15) is 42.2 Å². The molecule has 2 N–H and O–H groups in total. The summed E-state index contributed by atoms with van der Waals surface area (Å²) >= 11 is 5.29. The molecule has 2 nitrogen and oxygen atoms in total. The summed E-state index contributed by atoms with van der Waals surface area (Å²) in [4.78, 5) is 1.26. The summed E-state index contributed by atoms with van der Waals surface area (Å²) < 4.78 is 6.81. The Morgan fingerprint density at radius 2 is 2.31 bits per heavy atom. The topological polar surface area (TPSA) is 35.2 Å². The van der Waals surface area contributed by atoms with Crippen molar-refractivity contribution in [1.82, 2.24) is 0 Å². The van der Waals surface area contributed by atoms with Gasteiger partial charge in [0.15, 0.2) is 0 Å². The van der Waals surface area contributed by atoms with Gasteiger partial charge in [0, 0.05) is 18.0 Å². The number of hydrogen-bond donors (Lipinski definition) is 1. The predicted octanol–water partition coefficient (Wildman–Crippen LogP) is 3.78. The molecule has 1 fully saturated rings. The first-order chi connectivity index (χ1) is 7.56. The van der Waals surface area contributed by atoms with Gasteiger partial charge in [-0.3, -0.25) is 0 Å². The molecule has 1 atom stereocenters. The minimum atomic E-state index is 0.0593. The molecule has 1 saturated carbocycles. The zero-order chi connectivity index (χ0) is 11.8. The first-order valence-corrected chi connectivity index (χ1v) is 7.24. The van der Waals surface area contributed by atoms with Crippen LogP contribution in [0.2, 0.25) is 0 Å². The minimum absolute atomic E-state index is 0.0593. The van der Waals surface area contributed by atoms with Gasteiger partial charge in [-0.25, -0.2) is 0 Å². The Labute approximate surface area is 109 Å². The van der Waals surface area contributed by atoms with Gasteiger partial charge in [0.05, 0.1) is 9.39 Å². The first kappa shape index (κ1) is 12.6. The van der Waals surface area contributed by atoms with Crippen molar-refractivity contribution in [3.8, 4) is 0 Å². The maximum atomic E-state index is 6.26. The van der Waals surface area contributed by atoms with Crippen LogP contribution in [-0.2, 0) is 4.74 Å². The summed E-state index contributed by atoms with van der Waals surface area (Å²) in [6.45, 7) is 2.10. The van der Waals surface area contributed by atoms with Gasteiger partial charge in [-0.2, -0.15) is 0 Å². The summed E-state index contributed by atoms with van der Waals surface area (Å²) in [6.07, 6.45) is 4.52. The van der Waals surface area contributed by atoms with Crippen LogP contribution < -0.4 is 5.73 Å². The second kappa shape index (κ2) is 4.77. The SMILES string of the molecule is COC1(CC(N)c2cc(C)c(Br)s2)CCC1. The third-order valence-corrected chi connectivity index (χ3v) is 5.80. The molecular formula is C12H18BrNOS. The summed E-state index contributed by atoms with van der Waals surface area (Å²) in [5.41, 5.74) is 7.59. The molecule has 2 rings (SSSR count). The van der Waals surface area contributed by atoms with Gasteiger partial charge < -0.3 is 10.5 Å². The van der Waals surface area contributed by atoms with E-state index in [0.717, 1.165) is 19.3 Å². The molecule has 1 unspecified atom stereocenters. The number of halogens is 1. The third kappa shape index (κ3) is 2.35. The van der Waals surface area contributed by atoms with Crippen molar-refractivity contribution in [2.75, 3.05) is 7.11 Å². The lowest BCUT2D eigenvalue weighted by Crippen LogP contribution is -2.41. The number of ether oxygens (including phenoxy) is 1. The lowest BCUT2D eigenvalue weighted by Gasteiger charge is -2.42. The van der Waals surface area contributed by atoms with E-state index in [2.05, 4.69) is 28.9 Å². The summed E-state index contributed by atoms with van der Waals surface area (Å²) in [5, 5.41) is 0. The van der Waals surface area contributed by atoms with Crippen LogP contribution >= 0.6 is 27.3 Å². The van der Waals surface area contributed by atoms with Crippen LogP contribution in [0.3, 0.4) is 0 Å². The van der Waals surface area contributed by atoms with Crippen molar-refractivity contribution in [1.29, 1.82) is 0 Å². The Morgan fingerprint density at radius 1 is 1.62 bits per heavy atom. The normalized spacial score (nSPS) is 20.5. The lowest BCUT2D eigenvalue weighted by atomic mass is 9.75. The fourth-order valence-electron chi connectivity index (χ4n) is 2.23. The lowest BCUT2D eigenvalue weighted by molar-refractivity contribution is -0.0815. The molecule has 0 radical (unpaired) electrons. The highest BCUT2D eigenvalue weighted by molar-refractivity contribution is 9.11. The molecular weight excluding hydrogens is 286 g/mol. The Morgan fingerprint density at radius 3 is 2.69 bits per heavy atom. The highest BCUT2D eigenvalue weighted by Crippen LogP contribution is 2.42. The predicted molar refractivity (Wildman–Crippen MR) is 71.9 cm³/mol. The number of hydrogen-bond acceptors (Lipinski definition) is 3. The maximum absolute atomic E-state index is 6.26. The molecule has 0 aromatic carbocycles. The van der Waals surface area contributed by atoms with Gasteiger partial charge in [0.25, 0.3) is 0 Å². The Balaban J connectivity index is 2.05. The molecule has 0 saturated heterocycles. The zero-order valence-electron chi connectivity index (χ0n) is 9.75. The summed E-state index contributed by atoms with van der Waals surface area (Å²) in [7, 11) is 1.81. The molecule has 1 heterocycles. The number of rotatable bonds is 4. The maximum Gasteiger partial charge on any atom is 0.0731 e. The number of nitrogens with two attached hydrogens (primary N) is 1. The molecule has 1 aromatic rings. The Hall–Kier alpha value is 0.1000. The Kier molecular flexibility index (Phi) is 3.74. The molecule has 0 aliphatic heterocycles. The van der Waals surface area contributed by atoms with Crippen molar-refractivity contribution in [3.63, 3.8) is 0 Å². The smallest absolute Gasteiger partial charge is 0.0731 e. The first-order valence-electron chi connectivity index (χ1n) is 5.63. The van der Waals surface area contributed by atoms with Crippen molar-refractivity contribution >= 4 is 27.3 Å². The van der Waals surface area contributed by atoms with E-state index in [1.165, 1.54) is 20.6 Å². The second-order valence-electron chi connectivity index (χ2n) is 4.66. The van der Waals surface area contributed by atoms with Gasteiger partial charge in [-0.1, -0.05) is 0 Å². The molecule has 1 aliphatic carbocycles. The van der Waals surface area contributed by atoms with Crippen molar-refractivity contribution in [2.45, 2.75) is 44.2 Å². The van der Waals surface area contributed by atoms with E-state index < -0.39 is 0 Å². The van der Waals surface area contributed by atoms with Crippen LogP contribution in [-0.4, -0.2) is 12.7 Å². The van der Waals surface area contributed by atoms with Crippen LogP contribution in [0.25, 0.3) is 0 Å². The summed E-state index contributed by atoms with van der Waals surface area (Å²) in [6, 6.07) is 2.29. The minimum Gasteiger partial charge on any atom is -0.378 e. The molecule has 0 spiro atoms. The average molecular weight is 304 g/mol. The molecule has 1 aromatic heterocycles. The quantitative estimate of drug-likeness (QED) is 0.919. The largest absolute Gasteiger partial charge is 0.378 e. The molecule has 1 aliphatic rings. The van der Waals surface area contributed by atoms with Crippen molar-refractivity contribution < 1.29 is 4.74 Å². The van der Waals surface area contributed by atoms with E-state index in [1.54, 1.807) is 11.3 Å². The van der Waals surface area contributed by atoms with Crippen LogP contribution in [0.4, 0.5) is 0 Å². The fraction of sp³-hybridized carbons (Fsp3) is 0.667. The summed E-state index contributed by atoms with van der Waals surface area (Å²) in [5.74, 6) is 0. The van der Waals surface area contributed by atoms with Crippen molar-refractivity contribution in [3.05, 3.63) is 20.3 Å². The van der Waals surface area contributed by atoms with Gasteiger partial charge in [0.2, 0.25) is 0 Å². The van der Waals surface area contributed by atoms with Gasteiger partial charge in [-0.05, 0) is 60.2 Å². The van der Waals surface area contributed by atoms with E-state index in [1.807, 2.05) is 7.11 Å². The van der Waals surface area contributed by atoms with Gasteiger partial charge in [0.1, 0.15) is 0 Å². The third-order valence-electron chi connectivity index (χ3n) is 3.53. The van der Waals surface area contributed by atoms with Crippen LogP contribution in [0, 0.1) is 6.92 Å². The van der Waals surface area contributed by atoms with Crippen molar-refractivity contribution in [2.24, 2.45) is 5.73 Å². The number of methoxy groups -OCH3 is 1. The Bertz CT molecular complexity index is 348. The highest BCUT2D eigenvalue weighted by atomic mass is 79.9. The van der Waals surface area contributed by atoms with E-state index in [9.17, 15) is 0 Å². The molecule has 0 amide bonds. The standard InChI is InChI=1S/C12H18BrNOS/c1-8-6-10(16-11(8)13)9(14)7-12(15-2)4-3-5-12/h6,9H,3-5,7,14H2,1-2H3. The highest BCUT2D eigenvalue weighted by Gasteiger charge is 2.38. The van der Waals surface area contributed by atoms with E-state index >= 15 is 0 Å². The number of thiophene rings is 1. The van der Waals surface area contributed by atoms with E-state index in [-0.39, 0.29) is 11.6 Å². The molecule has 0 bridgehead atoms. The second-order valence-corrected chi connectivity index (χ2v) is 7.06. The van der Waals surface area contributed by atoms with Gasteiger partial charge >= 0.3 is 0 Å². The monoisotopic (exact) mass is 303 g/mol.